The lowest BCUT2D eigenvalue weighted by Crippen LogP contribution is -2.49. The molecule has 4 heterocycles. The van der Waals surface area contributed by atoms with Crippen LogP contribution in [-0.4, -0.2) is 89.6 Å². The largest absolute Gasteiger partial charge is 0.354 e. The first-order valence-corrected chi connectivity index (χ1v) is 10.4. The predicted molar refractivity (Wildman–Crippen MR) is 113 cm³/mol. The van der Waals surface area contributed by atoms with Crippen LogP contribution in [0.4, 0.5) is 11.6 Å². The van der Waals surface area contributed by atoms with Gasteiger partial charge in [-0.05, 0) is 25.6 Å². The maximum absolute atomic E-state index is 13.1. The fourth-order valence-corrected chi connectivity index (χ4v) is 3.96. The van der Waals surface area contributed by atoms with E-state index >= 15 is 0 Å². The van der Waals surface area contributed by atoms with Crippen molar-refractivity contribution in [3.05, 3.63) is 42.0 Å². The van der Waals surface area contributed by atoms with Crippen molar-refractivity contribution in [2.45, 2.75) is 13.8 Å². The van der Waals surface area contributed by atoms with E-state index in [0.29, 0.717) is 24.6 Å². The number of hydrogen-bond donors (Lipinski definition) is 0. The Morgan fingerprint density at radius 2 is 1.62 bits per heavy atom. The molecule has 0 radical (unpaired) electrons. The van der Waals surface area contributed by atoms with Crippen LogP contribution in [0, 0.1) is 6.92 Å². The van der Waals surface area contributed by atoms with E-state index in [9.17, 15) is 4.79 Å². The van der Waals surface area contributed by atoms with Crippen molar-refractivity contribution < 1.29 is 4.79 Å². The van der Waals surface area contributed by atoms with Gasteiger partial charge in [0.25, 0.3) is 5.91 Å². The van der Waals surface area contributed by atoms with E-state index in [1.54, 1.807) is 6.20 Å². The molecule has 0 aliphatic carbocycles. The molecule has 4 rings (SSSR count). The highest BCUT2D eigenvalue weighted by atomic mass is 16.2. The average Bonchev–Trinajstić information content (AvgIpc) is 2.79. The van der Waals surface area contributed by atoms with Gasteiger partial charge in [0.1, 0.15) is 23.2 Å². The van der Waals surface area contributed by atoms with Gasteiger partial charge in [-0.3, -0.25) is 4.79 Å². The van der Waals surface area contributed by atoms with Crippen molar-refractivity contribution in [2.24, 2.45) is 0 Å². The van der Waals surface area contributed by atoms with Gasteiger partial charge < -0.3 is 19.6 Å². The molecular formula is C21H29N7O. The molecule has 29 heavy (non-hydrogen) atoms. The highest BCUT2D eigenvalue weighted by Gasteiger charge is 2.25. The monoisotopic (exact) mass is 395 g/mol. The van der Waals surface area contributed by atoms with Gasteiger partial charge in [-0.25, -0.2) is 15.0 Å². The molecule has 0 spiro atoms. The van der Waals surface area contributed by atoms with Gasteiger partial charge in [-0.1, -0.05) is 13.0 Å². The van der Waals surface area contributed by atoms with E-state index in [4.69, 9.17) is 0 Å². The molecular weight excluding hydrogens is 366 g/mol. The SMILES string of the molecule is CCN1CCN(c2cc(C(=O)N3CCN(c4ccccn4)CC3)nc(C)n2)CC1. The Hall–Kier alpha value is -2.74. The van der Waals surface area contributed by atoms with E-state index in [1.165, 1.54) is 0 Å². The molecule has 1 amide bonds. The second kappa shape index (κ2) is 8.73. The summed E-state index contributed by atoms with van der Waals surface area (Å²) in [6.45, 7) is 11.9. The number of carbonyl (C=O) groups excluding carboxylic acids is 1. The number of anilines is 2. The zero-order valence-electron chi connectivity index (χ0n) is 17.3. The third kappa shape index (κ3) is 4.48. The Morgan fingerprint density at radius 1 is 0.931 bits per heavy atom. The molecule has 154 valence electrons. The molecule has 2 aliphatic rings. The summed E-state index contributed by atoms with van der Waals surface area (Å²) >= 11 is 0. The summed E-state index contributed by atoms with van der Waals surface area (Å²) in [7, 11) is 0. The number of amides is 1. The van der Waals surface area contributed by atoms with Crippen LogP contribution in [0.3, 0.4) is 0 Å². The summed E-state index contributed by atoms with van der Waals surface area (Å²) in [6.07, 6.45) is 1.80. The molecule has 0 atom stereocenters. The fourth-order valence-electron chi connectivity index (χ4n) is 3.96. The van der Waals surface area contributed by atoms with E-state index < -0.39 is 0 Å². The molecule has 0 N–H and O–H groups in total. The lowest BCUT2D eigenvalue weighted by Gasteiger charge is -2.36. The molecule has 8 nitrogen and oxygen atoms in total. The number of rotatable bonds is 4. The van der Waals surface area contributed by atoms with E-state index in [-0.39, 0.29) is 5.91 Å². The third-order valence-electron chi connectivity index (χ3n) is 5.73. The second-order valence-electron chi connectivity index (χ2n) is 7.55. The number of likely N-dealkylation sites (N-methyl/N-ethyl adjacent to an activating group) is 1. The first-order chi connectivity index (χ1) is 14.1. The lowest BCUT2D eigenvalue weighted by molar-refractivity contribution is 0.0740. The van der Waals surface area contributed by atoms with Crippen LogP contribution < -0.4 is 9.80 Å². The summed E-state index contributed by atoms with van der Waals surface area (Å²) in [4.78, 5) is 35.4. The molecule has 0 bridgehead atoms. The van der Waals surface area contributed by atoms with Crippen LogP contribution in [0.15, 0.2) is 30.5 Å². The Morgan fingerprint density at radius 3 is 2.28 bits per heavy atom. The second-order valence-corrected chi connectivity index (χ2v) is 7.55. The number of hydrogen-bond acceptors (Lipinski definition) is 7. The minimum absolute atomic E-state index is 0.00962. The molecule has 0 saturated carbocycles. The smallest absolute Gasteiger partial charge is 0.272 e. The minimum Gasteiger partial charge on any atom is -0.354 e. The summed E-state index contributed by atoms with van der Waals surface area (Å²) in [5.41, 5.74) is 0.497. The Bertz CT molecular complexity index is 828. The van der Waals surface area contributed by atoms with Crippen molar-refractivity contribution in [2.75, 3.05) is 68.7 Å². The van der Waals surface area contributed by atoms with Gasteiger partial charge in [0.15, 0.2) is 0 Å². The van der Waals surface area contributed by atoms with Crippen LogP contribution in [0.5, 0.6) is 0 Å². The van der Waals surface area contributed by atoms with Gasteiger partial charge in [0.2, 0.25) is 0 Å². The van der Waals surface area contributed by atoms with Crippen LogP contribution in [-0.2, 0) is 0 Å². The molecule has 0 aromatic carbocycles. The zero-order valence-corrected chi connectivity index (χ0v) is 17.3. The van der Waals surface area contributed by atoms with Gasteiger partial charge in [-0.15, -0.1) is 0 Å². The number of aromatic nitrogens is 3. The van der Waals surface area contributed by atoms with Crippen LogP contribution in [0.2, 0.25) is 0 Å². The number of aryl methyl sites for hydroxylation is 1. The Kier molecular flexibility index (Phi) is 5.89. The van der Waals surface area contributed by atoms with Crippen molar-refractivity contribution in [1.29, 1.82) is 0 Å². The van der Waals surface area contributed by atoms with Crippen molar-refractivity contribution in [3.63, 3.8) is 0 Å². The van der Waals surface area contributed by atoms with Crippen molar-refractivity contribution in [1.82, 2.24) is 24.8 Å². The van der Waals surface area contributed by atoms with E-state index in [0.717, 1.165) is 57.4 Å². The molecule has 2 aromatic rings. The number of piperazine rings is 2. The molecule has 0 unspecified atom stereocenters. The summed E-state index contributed by atoms with van der Waals surface area (Å²) < 4.78 is 0. The van der Waals surface area contributed by atoms with Gasteiger partial charge in [-0.2, -0.15) is 0 Å². The standard InChI is InChI=1S/C21H29N7O/c1-3-25-8-10-27(11-9-25)20-16-18(23-17(2)24-20)21(29)28-14-12-26(13-15-28)19-6-4-5-7-22-19/h4-7,16H,3,8-15H2,1-2H3. The number of nitrogens with zero attached hydrogens (tertiary/aromatic N) is 7. The van der Waals surface area contributed by atoms with Crippen LogP contribution in [0.25, 0.3) is 0 Å². The van der Waals surface area contributed by atoms with Crippen molar-refractivity contribution in [3.8, 4) is 0 Å². The minimum atomic E-state index is -0.00962. The quantitative estimate of drug-likeness (QED) is 0.773. The van der Waals surface area contributed by atoms with Gasteiger partial charge >= 0.3 is 0 Å². The van der Waals surface area contributed by atoms with Gasteiger partial charge in [0.05, 0.1) is 0 Å². The van der Waals surface area contributed by atoms with E-state index in [2.05, 4.69) is 36.6 Å². The third-order valence-corrected chi connectivity index (χ3v) is 5.73. The number of pyridine rings is 1. The molecule has 8 heteroatoms. The molecule has 2 aromatic heterocycles. The highest BCUT2D eigenvalue weighted by Crippen LogP contribution is 2.18. The Balaban J connectivity index is 1.42. The van der Waals surface area contributed by atoms with Crippen molar-refractivity contribution >= 4 is 17.5 Å². The zero-order chi connectivity index (χ0) is 20.2. The summed E-state index contributed by atoms with van der Waals surface area (Å²) in [5.74, 6) is 2.47. The first-order valence-electron chi connectivity index (χ1n) is 10.4. The van der Waals surface area contributed by atoms with Crippen LogP contribution >= 0.6 is 0 Å². The topological polar surface area (TPSA) is 68.7 Å². The van der Waals surface area contributed by atoms with Gasteiger partial charge in [0, 0.05) is 64.6 Å². The lowest BCUT2D eigenvalue weighted by atomic mass is 10.2. The summed E-state index contributed by atoms with van der Waals surface area (Å²) in [6, 6.07) is 7.78. The maximum Gasteiger partial charge on any atom is 0.272 e. The average molecular weight is 396 g/mol. The first kappa shape index (κ1) is 19.6. The molecule has 2 saturated heterocycles. The Labute approximate surface area is 172 Å². The molecule has 2 aliphatic heterocycles. The summed E-state index contributed by atoms with van der Waals surface area (Å²) in [5, 5.41) is 0. The number of carbonyl (C=O) groups is 1. The van der Waals surface area contributed by atoms with E-state index in [1.807, 2.05) is 36.1 Å². The molecule has 2 fully saturated rings. The fraction of sp³-hybridized carbons (Fsp3) is 0.524. The normalized spacial score (nSPS) is 18.2. The maximum atomic E-state index is 13.1. The van der Waals surface area contributed by atoms with Crippen LogP contribution in [0.1, 0.15) is 23.2 Å². The predicted octanol–water partition coefficient (Wildman–Crippen LogP) is 1.28. The highest BCUT2D eigenvalue weighted by molar-refractivity contribution is 5.93.